The number of amides is 3. The van der Waals surface area contributed by atoms with Gasteiger partial charge in [0, 0.05) is 18.8 Å². The lowest BCUT2D eigenvalue weighted by Crippen LogP contribution is -2.57. The molecule has 15 nitrogen and oxygen atoms in total. The van der Waals surface area contributed by atoms with Crippen molar-refractivity contribution in [1.29, 1.82) is 0 Å². The average molecular weight is 625 g/mol. The Kier molecular flexibility index (Phi) is 9.99. The molecule has 1 aliphatic rings. The first kappa shape index (κ1) is 32.8. The van der Waals surface area contributed by atoms with Crippen LogP contribution in [0.2, 0.25) is 0 Å². The highest BCUT2D eigenvalue weighted by molar-refractivity contribution is 6.01. The average Bonchev–Trinajstić information content (AvgIpc) is 3.65. The molecule has 0 bridgehead atoms. The van der Waals surface area contributed by atoms with Crippen LogP contribution in [0.1, 0.15) is 51.2 Å². The molecule has 0 radical (unpaired) electrons. The number of hydrogen-bond acceptors (Lipinski definition) is 9. The molecule has 3 aromatic rings. The van der Waals surface area contributed by atoms with Gasteiger partial charge in [0.05, 0.1) is 6.04 Å². The van der Waals surface area contributed by atoms with Crippen molar-refractivity contribution in [2.75, 3.05) is 6.54 Å². The summed E-state index contributed by atoms with van der Waals surface area (Å²) < 4.78 is 6.97. The van der Waals surface area contributed by atoms with Crippen LogP contribution < -0.4 is 21.9 Å². The maximum absolute atomic E-state index is 13.7. The highest BCUT2D eigenvalue weighted by atomic mass is 16.4. The molecule has 2 aromatic heterocycles. The highest BCUT2D eigenvalue weighted by Gasteiger charge is 2.40. The minimum atomic E-state index is -1.31. The zero-order valence-electron chi connectivity index (χ0n) is 25.4. The van der Waals surface area contributed by atoms with Gasteiger partial charge in [-0.25, -0.2) is 9.78 Å². The Morgan fingerprint density at radius 3 is 2.31 bits per heavy atom. The Balaban J connectivity index is 1.47. The van der Waals surface area contributed by atoms with Crippen LogP contribution in [0.5, 0.6) is 0 Å². The molecule has 0 spiro atoms. The largest absolute Gasteiger partial charge is 0.480 e. The van der Waals surface area contributed by atoms with Crippen molar-refractivity contribution in [3.63, 3.8) is 0 Å². The van der Waals surface area contributed by atoms with Crippen LogP contribution in [-0.2, 0) is 32.3 Å². The maximum atomic E-state index is 13.7. The molecule has 3 heterocycles. The number of carboxylic acids is 1. The molecule has 3 atom stereocenters. The number of nitrogens with zero attached hydrogens (tertiary/aromatic N) is 4. The van der Waals surface area contributed by atoms with Crippen LogP contribution in [-0.4, -0.2) is 78.3 Å². The van der Waals surface area contributed by atoms with E-state index in [1.807, 2.05) is 0 Å². The predicted octanol–water partition coefficient (Wildman–Crippen LogP) is 0.391. The number of aliphatic carboxylic acids is 1. The summed E-state index contributed by atoms with van der Waals surface area (Å²) in [4.78, 5) is 95.0. The summed E-state index contributed by atoms with van der Waals surface area (Å²) in [6.45, 7) is 5.70. The van der Waals surface area contributed by atoms with E-state index in [1.54, 1.807) is 52.0 Å². The van der Waals surface area contributed by atoms with Gasteiger partial charge in [-0.05, 0) is 36.8 Å². The monoisotopic (exact) mass is 624 g/mol. The van der Waals surface area contributed by atoms with Gasteiger partial charge < -0.3 is 25.1 Å². The number of ketones is 1. The molecular weight excluding hydrogens is 588 g/mol. The van der Waals surface area contributed by atoms with E-state index in [2.05, 4.69) is 15.6 Å². The Bertz CT molecular complexity index is 1700. The number of para-hydroxylation sites is 2. The Labute approximate surface area is 257 Å². The highest BCUT2D eigenvalue weighted by Crippen LogP contribution is 2.22. The number of carbonyl (C=O) groups is 5. The van der Waals surface area contributed by atoms with Gasteiger partial charge in [-0.1, -0.05) is 39.8 Å². The van der Waals surface area contributed by atoms with E-state index in [0.717, 1.165) is 16.8 Å². The van der Waals surface area contributed by atoms with E-state index >= 15 is 0 Å². The Morgan fingerprint density at radius 1 is 0.978 bits per heavy atom. The van der Waals surface area contributed by atoms with Crippen molar-refractivity contribution in [2.24, 2.45) is 11.8 Å². The third kappa shape index (κ3) is 7.36. The van der Waals surface area contributed by atoms with Gasteiger partial charge in [0.1, 0.15) is 30.7 Å². The van der Waals surface area contributed by atoms with Gasteiger partial charge in [-0.3, -0.25) is 37.9 Å². The molecule has 1 aromatic carbocycles. The van der Waals surface area contributed by atoms with Gasteiger partial charge in [0.25, 0.3) is 11.4 Å². The van der Waals surface area contributed by atoms with Gasteiger partial charge in [-0.2, -0.15) is 0 Å². The molecule has 3 amide bonds. The Hall–Kier alpha value is -5.08. The van der Waals surface area contributed by atoms with Crippen molar-refractivity contribution in [3.8, 4) is 0 Å². The molecule has 240 valence electrons. The van der Waals surface area contributed by atoms with Crippen molar-refractivity contribution in [2.45, 2.75) is 71.8 Å². The molecule has 1 saturated heterocycles. The molecule has 4 rings (SSSR count). The first-order valence-electron chi connectivity index (χ1n) is 14.6. The van der Waals surface area contributed by atoms with Crippen LogP contribution in [0.15, 0.2) is 50.5 Å². The number of aromatic nitrogens is 3. The molecule has 0 unspecified atom stereocenters. The molecule has 1 aliphatic heterocycles. The third-order valence-corrected chi connectivity index (χ3v) is 7.59. The number of likely N-dealkylation sites (tertiary alicyclic amines) is 1. The van der Waals surface area contributed by atoms with Crippen LogP contribution >= 0.6 is 0 Å². The van der Waals surface area contributed by atoms with E-state index in [0.29, 0.717) is 28.5 Å². The van der Waals surface area contributed by atoms with Crippen LogP contribution in [0.25, 0.3) is 11.1 Å². The maximum Gasteiger partial charge on any atom is 0.331 e. The lowest BCUT2D eigenvalue weighted by atomic mass is 9.98. The van der Waals surface area contributed by atoms with E-state index in [1.165, 1.54) is 4.90 Å². The zero-order chi connectivity index (χ0) is 33.0. The number of Topliss-reactive ketones (excluding diaryl/α,β-unsaturated/α-hetero) is 1. The Morgan fingerprint density at radius 2 is 1.67 bits per heavy atom. The van der Waals surface area contributed by atoms with E-state index in [9.17, 15) is 33.6 Å². The molecule has 15 heteroatoms. The summed E-state index contributed by atoms with van der Waals surface area (Å²) in [6, 6.07) is 4.89. The fraction of sp³-hybridized carbons (Fsp3) is 0.467. The van der Waals surface area contributed by atoms with Crippen molar-refractivity contribution < 1.29 is 33.5 Å². The number of hydrogen-bond donors (Lipinski definition) is 3. The lowest BCUT2D eigenvalue weighted by molar-refractivity contribution is -0.142. The van der Waals surface area contributed by atoms with E-state index in [4.69, 9.17) is 9.52 Å². The normalized spacial score (nSPS) is 16.1. The van der Waals surface area contributed by atoms with Gasteiger partial charge in [0.15, 0.2) is 5.58 Å². The van der Waals surface area contributed by atoms with Gasteiger partial charge in [-0.15, -0.1) is 0 Å². The fourth-order valence-corrected chi connectivity index (χ4v) is 5.22. The van der Waals surface area contributed by atoms with E-state index in [-0.39, 0.29) is 18.4 Å². The minimum absolute atomic E-state index is 0.135. The molecule has 0 aliphatic carbocycles. The predicted molar refractivity (Wildman–Crippen MR) is 159 cm³/mol. The number of oxazole rings is 1. The minimum Gasteiger partial charge on any atom is -0.480 e. The number of nitrogens with one attached hydrogen (secondary N) is 2. The summed E-state index contributed by atoms with van der Waals surface area (Å²) in [5.41, 5.74) is -0.859. The first-order chi connectivity index (χ1) is 21.3. The van der Waals surface area contributed by atoms with Gasteiger partial charge >= 0.3 is 11.7 Å². The number of fused-ring (bicyclic) bond motifs is 1. The third-order valence-electron chi connectivity index (χ3n) is 7.59. The van der Waals surface area contributed by atoms with Crippen molar-refractivity contribution in [3.05, 3.63) is 63.3 Å². The number of benzene rings is 1. The summed E-state index contributed by atoms with van der Waals surface area (Å²) in [7, 11) is 0. The molecule has 45 heavy (non-hydrogen) atoms. The second-order valence-corrected chi connectivity index (χ2v) is 11.6. The summed E-state index contributed by atoms with van der Waals surface area (Å²) >= 11 is 0. The van der Waals surface area contributed by atoms with Crippen molar-refractivity contribution >= 4 is 40.6 Å². The van der Waals surface area contributed by atoms with E-state index < -0.39 is 77.9 Å². The van der Waals surface area contributed by atoms with Crippen LogP contribution in [0, 0.1) is 11.8 Å². The molecule has 3 N–H and O–H groups in total. The molecule has 0 saturated carbocycles. The topological polar surface area (TPSA) is 203 Å². The molecule has 1 fully saturated rings. The second-order valence-electron chi connectivity index (χ2n) is 11.6. The summed E-state index contributed by atoms with van der Waals surface area (Å²) in [5.74, 6) is -4.60. The lowest BCUT2D eigenvalue weighted by Gasteiger charge is -2.31. The van der Waals surface area contributed by atoms with Crippen LogP contribution in [0.3, 0.4) is 0 Å². The van der Waals surface area contributed by atoms with Crippen molar-refractivity contribution in [1.82, 2.24) is 29.7 Å². The molecular formula is C30H36N6O9. The fourth-order valence-electron chi connectivity index (χ4n) is 5.22. The first-order valence-corrected chi connectivity index (χ1v) is 14.6. The second kappa shape index (κ2) is 13.7. The van der Waals surface area contributed by atoms with Crippen LogP contribution in [0.4, 0.5) is 0 Å². The quantitative estimate of drug-likeness (QED) is 0.237. The number of rotatable bonds is 12. The zero-order valence-corrected chi connectivity index (χ0v) is 25.4. The number of carbonyl (C=O) groups excluding carboxylic acids is 4. The van der Waals surface area contributed by atoms with Gasteiger partial charge in [0.2, 0.25) is 23.5 Å². The SMILES string of the molecule is CC(C)[C@H](NC(=O)[C@@H]1CCCN1C(=O)[C@@H](NC(=O)Cn1c(=O)ccn(CC(=O)O)c1=O)C(C)C)C(=O)c1nc2ccccc2o1. The summed E-state index contributed by atoms with van der Waals surface area (Å²) in [5, 5.41) is 14.3. The summed E-state index contributed by atoms with van der Waals surface area (Å²) in [6.07, 6.45) is 1.87. The number of carboxylic acid groups (broad SMARTS) is 1. The smallest absolute Gasteiger partial charge is 0.331 e. The standard InChI is InChI=1S/C30H36N6O9/c1-16(2)24(26(41)28-31-18-8-5-6-10-20(18)45-28)33-27(42)19-9-7-12-35(19)29(43)25(17(3)4)32-21(37)14-36-22(38)11-13-34(30(36)44)15-23(39)40/h5-6,8,10-11,13,16-17,19,24-25H,7,9,12,14-15H2,1-4H3,(H,32,37)(H,33,42)(H,39,40)/t19-,24-,25-/m0/s1.